The predicted molar refractivity (Wildman–Crippen MR) is 77.4 cm³/mol. The number of rotatable bonds is 5. The molecule has 0 radical (unpaired) electrons. The van der Waals surface area contributed by atoms with E-state index >= 15 is 0 Å². The van der Waals surface area contributed by atoms with E-state index in [0.29, 0.717) is 6.61 Å². The van der Waals surface area contributed by atoms with E-state index in [4.69, 9.17) is 4.74 Å². The summed E-state index contributed by atoms with van der Waals surface area (Å²) in [6.45, 7) is 1.46. The van der Waals surface area contributed by atoms with Crippen LogP contribution < -0.4 is 4.90 Å². The van der Waals surface area contributed by atoms with Crippen LogP contribution in [0.1, 0.15) is 0 Å². The van der Waals surface area contributed by atoms with Crippen molar-refractivity contribution in [3.05, 3.63) is 30.5 Å². The highest BCUT2D eigenvalue weighted by atomic mass is 79.9. The Morgan fingerprint density at radius 3 is 2.94 bits per heavy atom. The largest absolute Gasteiger partial charge is 0.383 e. The quantitative estimate of drug-likeness (QED) is 0.795. The number of methoxy groups -OCH3 is 1. The van der Waals surface area contributed by atoms with Crippen LogP contribution in [0.3, 0.4) is 0 Å². The first kappa shape index (κ1) is 13.2. The van der Waals surface area contributed by atoms with E-state index in [1.807, 2.05) is 42.4 Å². The molecule has 5 heteroatoms. The zero-order valence-corrected chi connectivity index (χ0v) is 12.1. The Morgan fingerprint density at radius 1 is 1.39 bits per heavy atom. The monoisotopic (exact) mass is 309 g/mol. The number of anilines is 1. The molecule has 0 N–H and O–H groups in total. The van der Waals surface area contributed by atoms with Gasteiger partial charge in [-0.05, 0) is 6.07 Å². The summed E-state index contributed by atoms with van der Waals surface area (Å²) in [6, 6.07) is 7.98. The molecule has 0 fully saturated rings. The van der Waals surface area contributed by atoms with Gasteiger partial charge in [0.15, 0.2) is 0 Å². The van der Waals surface area contributed by atoms with E-state index in [1.165, 1.54) is 0 Å². The van der Waals surface area contributed by atoms with Gasteiger partial charge in [-0.1, -0.05) is 34.1 Å². The van der Waals surface area contributed by atoms with Crippen LogP contribution in [0.5, 0.6) is 0 Å². The Balaban J connectivity index is 2.15. The van der Waals surface area contributed by atoms with E-state index in [2.05, 4.69) is 25.9 Å². The van der Waals surface area contributed by atoms with Crippen molar-refractivity contribution in [2.45, 2.75) is 4.83 Å². The van der Waals surface area contributed by atoms with Crippen molar-refractivity contribution in [3.63, 3.8) is 0 Å². The minimum Gasteiger partial charge on any atom is -0.383 e. The molecule has 0 bridgehead atoms. The molecule has 0 saturated carbocycles. The van der Waals surface area contributed by atoms with Crippen molar-refractivity contribution in [1.29, 1.82) is 0 Å². The number of fused-ring (bicyclic) bond motifs is 1. The van der Waals surface area contributed by atoms with Gasteiger partial charge in [-0.15, -0.1) is 0 Å². The van der Waals surface area contributed by atoms with Crippen molar-refractivity contribution in [3.8, 4) is 0 Å². The second-order valence-corrected chi connectivity index (χ2v) is 5.46. The number of para-hydroxylation sites is 1. The summed E-state index contributed by atoms with van der Waals surface area (Å²) >= 11 is 3.56. The molecular formula is C13H16BrN3O. The summed E-state index contributed by atoms with van der Waals surface area (Å²) in [5.74, 6) is 0.731. The van der Waals surface area contributed by atoms with Gasteiger partial charge in [0.2, 0.25) is 5.95 Å². The van der Waals surface area contributed by atoms with Crippen LogP contribution >= 0.6 is 15.9 Å². The van der Waals surface area contributed by atoms with Gasteiger partial charge in [0, 0.05) is 32.3 Å². The SMILES string of the molecule is COCC(Br)CN(C)c1ncc2ccccc2n1. The molecule has 1 unspecified atom stereocenters. The summed E-state index contributed by atoms with van der Waals surface area (Å²) in [4.78, 5) is 11.2. The third-order valence-corrected chi connectivity index (χ3v) is 3.19. The smallest absolute Gasteiger partial charge is 0.225 e. The van der Waals surface area contributed by atoms with Gasteiger partial charge in [-0.2, -0.15) is 0 Å². The minimum absolute atomic E-state index is 0.266. The standard InChI is InChI=1S/C13H16BrN3O/c1-17(8-11(14)9-18-2)13-15-7-10-5-3-4-6-12(10)16-13/h3-7,11H,8-9H2,1-2H3. The molecule has 0 aliphatic rings. The number of hydrogen-bond donors (Lipinski definition) is 0. The van der Waals surface area contributed by atoms with E-state index in [0.717, 1.165) is 23.4 Å². The second kappa shape index (κ2) is 6.11. The Morgan fingerprint density at radius 2 is 2.17 bits per heavy atom. The van der Waals surface area contributed by atoms with E-state index in [-0.39, 0.29) is 4.83 Å². The lowest BCUT2D eigenvalue weighted by Gasteiger charge is -2.20. The second-order valence-electron chi connectivity index (χ2n) is 4.16. The molecule has 0 aliphatic heterocycles. The summed E-state index contributed by atoms with van der Waals surface area (Å²) in [6.07, 6.45) is 1.85. The fraction of sp³-hybridized carbons (Fsp3) is 0.385. The third kappa shape index (κ3) is 3.17. The topological polar surface area (TPSA) is 38.2 Å². The van der Waals surface area contributed by atoms with E-state index < -0.39 is 0 Å². The zero-order valence-electron chi connectivity index (χ0n) is 10.5. The number of halogens is 1. The van der Waals surface area contributed by atoms with Crippen molar-refractivity contribution in [1.82, 2.24) is 9.97 Å². The fourth-order valence-corrected chi connectivity index (χ4v) is 2.46. The molecule has 0 amide bonds. The lowest BCUT2D eigenvalue weighted by atomic mass is 10.2. The summed E-state index contributed by atoms with van der Waals surface area (Å²) in [7, 11) is 3.68. The molecule has 0 aliphatic carbocycles. The Kier molecular flexibility index (Phi) is 4.49. The normalized spacial score (nSPS) is 12.6. The molecule has 2 aromatic rings. The first-order valence-electron chi connectivity index (χ1n) is 5.76. The van der Waals surface area contributed by atoms with Gasteiger partial charge in [-0.25, -0.2) is 9.97 Å². The van der Waals surface area contributed by atoms with Crippen LogP contribution in [0.25, 0.3) is 10.9 Å². The van der Waals surface area contributed by atoms with Gasteiger partial charge in [-0.3, -0.25) is 0 Å². The van der Waals surface area contributed by atoms with Crippen molar-refractivity contribution in [2.75, 3.05) is 32.2 Å². The lowest BCUT2D eigenvalue weighted by Crippen LogP contribution is -2.29. The number of alkyl halides is 1. The molecule has 1 aromatic carbocycles. The van der Waals surface area contributed by atoms with E-state index in [9.17, 15) is 0 Å². The number of aromatic nitrogens is 2. The molecule has 1 atom stereocenters. The minimum atomic E-state index is 0.266. The highest BCUT2D eigenvalue weighted by molar-refractivity contribution is 9.09. The maximum absolute atomic E-state index is 5.10. The van der Waals surface area contributed by atoms with Gasteiger partial charge >= 0.3 is 0 Å². The average Bonchev–Trinajstić information content (AvgIpc) is 2.38. The maximum Gasteiger partial charge on any atom is 0.225 e. The lowest BCUT2D eigenvalue weighted by molar-refractivity contribution is 0.201. The number of ether oxygens (including phenoxy) is 1. The van der Waals surface area contributed by atoms with Crippen LogP contribution in [0.4, 0.5) is 5.95 Å². The molecule has 2 rings (SSSR count). The van der Waals surface area contributed by atoms with Crippen LogP contribution in [-0.2, 0) is 4.74 Å². The third-order valence-electron chi connectivity index (χ3n) is 2.64. The number of benzene rings is 1. The predicted octanol–water partition coefficient (Wildman–Crippen LogP) is 2.48. The van der Waals surface area contributed by atoms with Gasteiger partial charge in [0.05, 0.1) is 17.0 Å². The molecule has 4 nitrogen and oxygen atoms in total. The fourth-order valence-electron chi connectivity index (χ4n) is 1.76. The highest BCUT2D eigenvalue weighted by Gasteiger charge is 2.11. The molecule has 96 valence electrons. The molecule has 1 heterocycles. The number of nitrogens with zero attached hydrogens (tertiary/aromatic N) is 3. The van der Waals surface area contributed by atoms with Crippen molar-refractivity contribution >= 4 is 32.8 Å². The first-order valence-corrected chi connectivity index (χ1v) is 6.68. The summed E-state index contributed by atoms with van der Waals surface area (Å²) < 4.78 is 5.10. The molecule has 1 aromatic heterocycles. The highest BCUT2D eigenvalue weighted by Crippen LogP contribution is 2.15. The Bertz CT molecular complexity index is 520. The molecular weight excluding hydrogens is 294 g/mol. The zero-order chi connectivity index (χ0) is 13.0. The first-order chi connectivity index (χ1) is 8.70. The van der Waals surface area contributed by atoms with Crippen LogP contribution in [0.15, 0.2) is 30.5 Å². The Labute approximate surface area is 115 Å². The van der Waals surface area contributed by atoms with Crippen molar-refractivity contribution < 1.29 is 4.74 Å². The van der Waals surface area contributed by atoms with Gasteiger partial charge < -0.3 is 9.64 Å². The Hall–Kier alpha value is -1.20. The number of hydrogen-bond acceptors (Lipinski definition) is 4. The van der Waals surface area contributed by atoms with Crippen LogP contribution in [0.2, 0.25) is 0 Å². The molecule has 0 saturated heterocycles. The molecule has 18 heavy (non-hydrogen) atoms. The summed E-state index contributed by atoms with van der Waals surface area (Å²) in [5, 5.41) is 1.06. The van der Waals surface area contributed by atoms with Crippen molar-refractivity contribution in [2.24, 2.45) is 0 Å². The van der Waals surface area contributed by atoms with Crippen LogP contribution in [0, 0.1) is 0 Å². The van der Waals surface area contributed by atoms with Crippen LogP contribution in [-0.4, -0.2) is 42.1 Å². The maximum atomic E-state index is 5.10. The van der Waals surface area contributed by atoms with Gasteiger partial charge in [0.1, 0.15) is 0 Å². The summed E-state index contributed by atoms with van der Waals surface area (Å²) in [5.41, 5.74) is 0.965. The van der Waals surface area contributed by atoms with E-state index in [1.54, 1.807) is 7.11 Å². The van der Waals surface area contributed by atoms with Gasteiger partial charge in [0.25, 0.3) is 0 Å². The molecule has 0 spiro atoms. The average molecular weight is 310 g/mol.